The number of carbonyl (C=O) groups is 2. The minimum Gasteiger partial charge on any atom is -0.454 e. The van der Waals surface area contributed by atoms with Gasteiger partial charge in [0.1, 0.15) is 6.54 Å². The van der Waals surface area contributed by atoms with Crippen molar-refractivity contribution in [3.63, 3.8) is 0 Å². The normalized spacial score (nSPS) is 17.8. The summed E-state index contributed by atoms with van der Waals surface area (Å²) in [5.41, 5.74) is 0.192. The Hall–Kier alpha value is -2.94. The minimum absolute atomic E-state index is 0.0188. The third kappa shape index (κ3) is 4.86. The van der Waals surface area contributed by atoms with Crippen molar-refractivity contribution < 1.29 is 22.7 Å². The lowest BCUT2D eigenvalue weighted by Gasteiger charge is -2.28. The molecule has 148 valence electrons. The summed E-state index contributed by atoms with van der Waals surface area (Å²) in [5, 5.41) is 0. The molecule has 9 heteroatoms. The van der Waals surface area contributed by atoms with Crippen LogP contribution in [-0.2, 0) is 30.7 Å². The molecule has 0 spiro atoms. The fraction of sp³-hybridized carbons (Fsp3) is 0.316. The van der Waals surface area contributed by atoms with Crippen LogP contribution in [0.4, 0.5) is 5.69 Å². The highest BCUT2D eigenvalue weighted by molar-refractivity contribution is 7.91. The second-order valence-electron chi connectivity index (χ2n) is 6.48. The van der Waals surface area contributed by atoms with Crippen LogP contribution in [0.2, 0.25) is 0 Å². The van der Waals surface area contributed by atoms with E-state index in [-0.39, 0.29) is 23.6 Å². The molecule has 8 nitrogen and oxygen atoms in total. The van der Waals surface area contributed by atoms with Gasteiger partial charge in [-0.05, 0) is 24.6 Å². The SMILES string of the molecule is O=C(Cn1ccccc1=O)OCC(=O)N(c1ccccc1)[C@H]1CCS(=O)(=O)C1. The lowest BCUT2D eigenvalue weighted by atomic mass is 10.2. The van der Waals surface area contributed by atoms with Crippen LogP contribution < -0.4 is 10.5 Å². The van der Waals surface area contributed by atoms with Crippen molar-refractivity contribution in [1.82, 2.24) is 4.57 Å². The van der Waals surface area contributed by atoms with Gasteiger partial charge in [0.05, 0.1) is 17.5 Å². The van der Waals surface area contributed by atoms with Crippen LogP contribution in [0.25, 0.3) is 0 Å². The molecule has 1 aromatic heterocycles. The van der Waals surface area contributed by atoms with Crippen LogP contribution in [0.3, 0.4) is 0 Å². The fourth-order valence-electron chi connectivity index (χ4n) is 3.11. The zero-order valence-electron chi connectivity index (χ0n) is 15.1. The highest BCUT2D eigenvalue weighted by Crippen LogP contribution is 2.24. The molecule has 0 saturated carbocycles. The fourth-order valence-corrected chi connectivity index (χ4v) is 4.81. The Balaban J connectivity index is 1.69. The van der Waals surface area contributed by atoms with Gasteiger partial charge < -0.3 is 14.2 Å². The van der Waals surface area contributed by atoms with Gasteiger partial charge in [-0.15, -0.1) is 0 Å². The summed E-state index contributed by atoms with van der Waals surface area (Å²) in [6, 6.07) is 12.7. The van der Waals surface area contributed by atoms with Crippen molar-refractivity contribution in [2.75, 3.05) is 23.0 Å². The number of aromatic nitrogens is 1. The summed E-state index contributed by atoms with van der Waals surface area (Å²) < 4.78 is 29.9. The van der Waals surface area contributed by atoms with Crippen molar-refractivity contribution in [3.05, 3.63) is 65.1 Å². The van der Waals surface area contributed by atoms with Crippen LogP contribution in [0.15, 0.2) is 59.5 Å². The van der Waals surface area contributed by atoms with Gasteiger partial charge in [0.2, 0.25) is 0 Å². The average molecular weight is 404 g/mol. The monoisotopic (exact) mass is 404 g/mol. The number of hydrogen-bond acceptors (Lipinski definition) is 6. The van der Waals surface area contributed by atoms with Crippen molar-refractivity contribution in [2.45, 2.75) is 19.0 Å². The second kappa shape index (κ2) is 8.39. The number of pyridine rings is 1. The van der Waals surface area contributed by atoms with Crippen LogP contribution in [0, 0.1) is 0 Å². The number of esters is 1. The lowest BCUT2D eigenvalue weighted by Crippen LogP contribution is -2.43. The van der Waals surface area contributed by atoms with E-state index < -0.39 is 34.4 Å². The number of rotatable bonds is 6. The third-order valence-corrected chi connectivity index (χ3v) is 6.18. The van der Waals surface area contributed by atoms with E-state index in [1.54, 1.807) is 42.5 Å². The van der Waals surface area contributed by atoms with Crippen molar-refractivity contribution >= 4 is 27.4 Å². The number of carbonyl (C=O) groups excluding carboxylic acids is 2. The number of sulfone groups is 1. The molecule has 1 aliphatic rings. The molecule has 0 aliphatic carbocycles. The zero-order valence-corrected chi connectivity index (χ0v) is 15.9. The van der Waals surface area contributed by atoms with Gasteiger partial charge in [-0.1, -0.05) is 24.3 Å². The second-order valence-corrected chi connectivity index (χ2v) is 8.71. The number of ether oxygens (including phenoxy) is 1. The smallest absolute Gasteiger partial charge is 0.326 e. The number of nitrogens with zero attached hydrogens (tertiary/aromatic N) is 2. The Morgan fingerprint density at radius 2 is 1.82 bits per heavy atom. The summed E-state index contributed by atoms with van der Waals surface area (Å²) in [6.07, 6.45) is 1.78. The minimum atomic E-state index is -3.20. The van der Waals surface area contributed by atoms with Gasteiger partial charge in [-0.25, -0.2) is 8.42 Å². The molecule has 1 fully saturated rings. The molecule has 1 amide bonds. The first-order valence-electron chi connectivity index (χ1n) is 8.74. The maximum Gasteiger partial charge on any atom is 0.326 e. The van der Waals surface area contributed by atoms with E-state index in [9.17, 15) is 22.8 Å². The molecule has 0 unspecified atom stereocenters. The zero-order chi connectivity index (χ0) is 20.1. The quantitative estimate of drug-likeness (QED) is 0.654. The molecular formula is C19H20N2O6S. The maximum absolute atomic E-state index is 12.8. The van der Waals surface area contributed by atoms with E-state index in [4.69, 9.17) is 4.74 Å². The van der Waals surface area contributed by atoms with Crippen LogP contribution in [-0.4, -0.2) is 49.0 Å². The lowest BCUT2D eigenvalue weighted by molar-refractivity contribution is -0.148. The average Bonchev–Trinajstić information content (AvgIpc) is 3.02. The Bertz CT molecular complexity index is 1020. The Morgan fingerprint density at radius 1 is 1.11 bits per heavy atom. The molecule has 2 heterocycles. The molecule has 0 radical (unpaired) electrons. The number of anilines is 1. The van der Waals surface area contributed by atoms with E-state index in [0.717, 1.165) is 0 Å². The molecule has 1 saturated heterocycles. The highest BCUT2D eigenvalue weighted by Gasteiger charge is 2.35. The first-order chi connectivity index (χ1) is 13.4. The number of amides is 1. The molecular weight excluding hydrogens is 384 g/mol. The molecule has 28 heavy (non-hydrogen) atoms. The predicted octanol–water partition coefficient (Wildman–Crippen LogP) is 0.612. The number of benzene rings is 1. The van der Waals surface area contributed by atoms with Crippen LogP contribution in [0.5, 0.6) is 0 Å². The van der Waals surface area contributed by atoms with E-state index >= 15 is 0 Å². The standard InChI is InChI=1S/C19H20N2O6S/c22-17-8-4-5-10-20(17)12-19(24)27-13-18(23)21(15-6-2-1-3-7-15)16-9-11-28(25,26)14-16/h1-8,10,16H,9,11-14H2/t16-/m0/s1. The molecule has 1 aliphatic heterocycles. The van der Waals surface area contributed by atoms with Gasteiger partial charge in [-0.2, -0.15) is 0 Å². The molecule has 1 atom stereocenters. The summed E-state index contributed by atoms with van der Waals surface area (Å²) in [7, 11) is -3.20. The van der Waals surface area contributed by atoms with Crippen molar-refractivity contribution in [3.8, 4) is 0 Å². The largest absolute Gasteiger partial charge is 0.454 e. The topological polar surface area (TPSA) is 103 Å². The van der Waals surface area contributed by atoms with Gasteiger partial charge >= 0.3 is 5.97 Å². The Kier molecular flexibility index (Phi) is 5.93. The van der Waals surface area contributed by atoms with E-state index in [1.165, 1.54) is 21.7 Å². The highest BCUT2D eigenvalue weighted by atomic mass is 32.2. The first kappa shape index (κ1) is 19.8. The molecule has 3 rings (SSSR count). The Morgan fingerprint density at radius 3 is 2.46 bits per heavy atom. The maximum atomic E-state index is 12.8. The van der Waals surface area contributed by atoms with Gasteiger partial charge in [-0.3, -0.25) is 14.4 Å². The van der Waals surface area contributed by atoms with Gasteiger partial charge in [0, 0.05) is 18.0 Å². The van der Waals surface area contributed by atoms with Crippen LogP contribution in [0.1, 0.15) is 6.42 Å². The summed E-state index contributed by atoms with van der Waals surface area (Å²) in [6.45, 7) is -0.845. The predicted molar refractivity (Wildman–Crippen MR) is 103 cm³/mol. The van der Waals surface area contributed by atoms with Gasteiger partial charge in [0.15, 0.2) is 16.4 Å². The molecule has 0 bridgehead atoms. The molecule has 2 aromatic rings. The molecule has 1 aromatic carbocycles. The number of hydrogen-bond donors (Lipinski definition) is 0. The van der Waals surface area contributed by atoms with E-state index in [1.807, 2.05) is 0 Å². The van der Waals surface area contributed by atoms with E-state index in [2.05, 4.69) is 0 Å². The number of para-hydroxylation sites is 1. The van der Waals surface area contributed by atoms with Crippen LogP contribution >= 0.6 is 0 Å². The Labute approximate surface area is 162 Å². The van der Waals surface area contributed by atoms with E-state index in [0.29, 0.717) is 12.1 Å². The van der Waals surface area contributed by atoms with Crippen molar-refractivity contribution in [2.24, 2.45) is 0 Å². The third-order valence-electron chi connectivity index (χ3n) is 4.43. The molecule has 0 N–H and O–H groups in total. The van der Waals surface area contributed by atoms with Gasteiger partial charge in [0.25, 0.3) is 11.5 Å². The summed E-state index contributed by atoms with van der Waals surface area (Å²) in [5.74, 6) is -1.35. The van der Waals surface area contributed by atoms with Crippen molar-refractivity contribution in [1.29, 1.82) is 0 Å². The first-order valence-corrected chi connectivity index (χ1v) is 10.6. The summed E-state index contributed by atoms with van der Waals surface area (Å²) >= 11 is 0. The summed E-state index contributed by atoms with van der Waals surface area (Å²) in [4.78, 5) is 37.8.